The average Bonchev–Trinajstić information content (AvgIpc) is 2.65. The maximum absolute atomic E-state index is 12.6. The van der Waals surface area contributed by atoms with E-state index < -0.39 is 29.5 Å². The maximum atomic E-state index is 12.6. The van der Waals surface area contributed by atoms with Gasteiger partial charge in [-0.1, -0.05) is 44.0 Å². The van der Waals surface area contributed by atoms with Gasteiger partial charge in [0.05, 0.1) is 12.7 Å². The van der Waals surface area contributed by atoms with Crippen molar-refractivity contribution in [1.29, 1.82) is 0 Å². The Morgan fingerprint density at radius 2 is 1.53 bits per heavy atom. The number of nitrogens with one attached hydrogen (secondary N) is 1. The molecule has 2 rings (SSSR count). The van der Waals surface area contributed by atoms with Crippen LogP contribution in [0.4, 0.5) is 0 Å². The molecule has 0 fully saturated rings. The van der Waals surface area contributed by atoms with Crippen molar-refractivity contribution < 1.29 is 23.9 Å². The first-order valence-corrected chi connectivity index (χ1v) is 10.7. The Morgan fingerprint density at radius 3 is 2.03 bits per heavy atom. The van der Waals surface area contributed by atoms with Gasteiger partial charge in [0.2, 0.25) is 0 Å². The number of benzene rings is 2. The van der Waals surface area contributed by atoms with Crippen LogP contribution in [0.25, 0.3) is 0 Å². The smallest absolute Gasteiger partial charge is 0.338 e. The molecule has 1 atom stereocenters. The molecular weight excluding hydrogens is 518 g/mol. The van der Waals surface area contributed by atoms with Gasteiger partial charge in [-0.05, 0) is 56.7 Å². The van der Waals surface area contributed by atoms with Crippen molar-refractivity contribution >= 4 is 49.7 Å². The van der Waals surface area contributed by atoms with Crippen LogP contribution in [-0.4, -0.2) is 36.6 Å². The molecule has 2 aromatic carbocycles. The standard InChI is InChI=1S/C22H23Br2NO5/c1-22(2,3)30-20(27)14-7-5-13(6-8-14)9-18(21(28)29-4)25-19(26)15-10-16(23)12-17(24)11-15/h5-8,10-12,18H,9H2,1-4H3,(H,25,26)/t18-/m1/s1. The molecule has 0 spiro atoms. The molecule has 0 aliphatic rings. The number of hydrogen-bond donors (Lipinski definition) is 1. The van der Waals surface area contributed by atoms with Crippen molar-refractivity contribution in [1.82, 2.24) is 5.32 Å². The Morgan fingerprint density at radius 1 is 0.967 bits per heavy atom. The van der Waals surface area contributed by atoms with Crippen molar-refractivity contribution in [2.75, 3.05) is 7.11 Å². The minimum Gasteiger partial charge on any atom is -0.467 e. The summed E-state index contributed by atoms with van der Waals surface area (Å²) in [6.07, 6.45) is 0.211. The highest BCUT2D eigenvalue weighted by atomic mass is 79.9. The number of carbonyl (C=O) groups excluding carboxylic acids is 3. The lowest BCUT2D eigenvalue weighted by Gasteiger charge is -2.20. The van der Waals surface area contributed by atoms with E-state index in [0.717, 1.165) is 14.5 Å². The largest absolute Gasteiger partial charge is 0.467 e. The van der Waals surface area contributed by atoms with Gasteiger partial charge in [0, 0.05) is 20.9 Å². The third kappa shape index (κ3) is 7.25. The maximum Gasteiger partial charge on any atom is 0.338 e. The zero-order valence-electron chi connectivity index (χ0n) is 17.1. The van der Waals surface area contributed by atoms with Gasteiger partial charge in [-0.15, -0.1) is 0 Å². The lowest BCUT2D eigenvalue weighted by Crippen LogP contribution is -2.43. The molecule has 0 unspecified atom stereocenters. The fourth-order valence-electron chi connectivity index (χ4n) is 2.61. The first-order valence-electron chi connectivity index (χ1n) is 9.15. The number of hydrogen-bond acceptors (Lipinski definition) is 5. The monoisotopic (exact) mass is 539 g/mol. The number of halogens is 2. The van der Waals surface area contributed by atoms with E-state index in [1.54, 1.807) is 63.2 Å². The Bertz CT molecular complexity index is 915. The zero-order valence-corrected chi connectivity index (χ0v) is 20.3. The SMILES string of the molecule is COC(=O)[C@@H](Cc1ccc(C(=O)OC(C)(C)C)cc1)NC(=O)c1cc(Br)cc(Br)c1. The Kier molecular flexibility index (Phi) is 8.20. The van der Waals surface area contributed by atoms with Crippen LogP contribution in [0, 0.1) is 0 Å². The normalized spacial score (nSPS) is 12.1. The van der Waals surface area contributed by atoms with E-state index in [0.29, 0.717) is 11.1 Å². The molecule has 1 amide bonds. The van der Waals surface area contributed by atoms with Crippen LogP contribution in [0.5, 0.6) is 0 Å². The Labute approximate surface area is 192 Å². The highest BCUT2D eigenvalue weighted by Crippen LogP contribution is 2.20. The fraction of sp³-hybridized carbons (Fsp3) is 0.318. The Balaban J connectivity index is 2.14. The summed E-state index contributed by atoms with van der Waals surface area (Å²) in [4.78, 5) is 37.0. The average molecular weight is 541 g/mol. The highest BCUT2D eigenvalue weighted by Gasteiger charge is 2.23. The summed E-state index contributed by atoms with van der Waals surface area (Å²) in [6.45, 7) is 5.40. The van der Waals surface area contributed by atoms with E-state index in [2.05, 4.69) is 37.2 Å². The lowest BCUT2D eigenvalue weighted by atomic mass is 10.0. The third-order valence-electron chi connectivity index (χ3n) is 3.94. The van der Waals surface area contributed by atoms with Crippen LogP contribution < -0.4 is 5.32 Å². The quantitative estimate of drug-likeness (QED) is 0.538. The highest BCUT2D eigenvalue weighted by molar-refractivity contribution is 9.11. The summed E-state index contributed by atoms with van der Waals surface area (Å²) in [6, 6.07) is 10.9. The Hall–Kier alpha value is -2.19. The van der Waals surface area contributed by atoms with Crippen LogP contribution in [0.1, 0.15) is 47.1 Å². The molecule has 0 aromatic heterocycles. The van der Waals surface area contributed by atoms with Gasteiger partial charge in [0.15, 0.2) is 0 Å². The van der Waals surface area contributed by atoms with Crippen LogP contribution >= 0.6 is 31.9 Å². The topological polar surface area (TPSA) is 81.7 Å². The van der Waals surface area contributed by atoms with Crippen LogP contribution in [-0.2, 0) is 20.7 Å². The summed E-state index contributed by atoms with van der Waals surface area (Å²) in [7, 11) is 1.27. The second kappa shape index (κ2) is 10.2. The van der Waals surface area contributed by atoms with E-state index in [-0.39, 0.29) is 6.42 Å². The lowest BCUT2D eigenvalue weighted by molar-refractivity contribution is -0.142. The number of esters is 2. The molecule has 0 heterocycles. The predicted molar refractivity (Wildman–Crippen MR) is 120 cm³/mol. The molecule has 0 radical (unpaired) electrons. The van der Waals surface area contributed by atoms with Gasteiger partial charge in [-0.2, -0.15) is 0 Å². The van der Waals surface area contributed by atoms with Crippen molar-refractivity contribution in [2.24, 2.45) is 0 Å². The molecule has 1 N–H and O–H groups in total. The zero-order chi connectivity index (χ0) is 22.5. The van der Waals surface area contributed by atoms with Gasteiger partial charge in [-0.25, -0.2) is 9.59 Å². The third-order valence-corrected chi connectivity index (χ3v) is 4.86. The molecule has 0 aliphatic carbocycles. The number of amides is 1. The molecular formula is C22H23Br2NO5. The molecule has 6 nitrogen and oxygen atoms in total. The van der Waals surface area contributed by atoms with Crippen molar-refractivity contribution in [3.8, 4) is 0 Å². The molecule has 0 aliphatic heterocycles. The first-order chi connectivity index (χ1) is 14.0. The summed E-state index contributed by atoms with van der Waals surface area (Å²) >= 11 is 6.68. The number of carbonyl (C=O) groups is 3. The molecule has 0 saturated heterocycles. The van der Waals surface area contributed by atoms with Crippen molar-refractivity contribution in [2.45, 2.75) is 38.8 Å². The summed E-state index contributed by atoms with van der Waals surface area (Å²) in [5.41, 5.74) is 0.974. The van der Waals surface area contributed by atoms with E-state index in [1.807, 2.05) is 0 Å². The molecule has 160 valence electrons. The van der Waals surface area contributed by atoms with E-state index in [4.69, 9.17) is 9.47 Å². The molecule has 8 heteroatoms. The van der Waals surface area contributed by atoms with Gasteiger partial charge in [0.1, 0.15) is 11.6 Å². The van der Waals surface area contributed by atoms with E-state index >= 15 is 0 Å². The fourth-order valence-corrected chi connectivity index (χ4v) is 3.91. The van der Waals surface area contributed by atoms with Gasteiger partial charge >= 0.3 is 11.9 Å². The van der Waals surface area contributed by atoms with E-state index in [1.165, 1.54) is 7.11 Å². The van der Waals surface area contributed by atoms with Gasteiger partial charge in [0.25, 0.3) is 5.91 Å². The molecule has 30 heavy (non-hydrogen) atoms. The van der Waals surface area contributed by atoms with Crippen LogP contribution in [0.2, 0.25) is 0 Å². The molecule has 2 aromatic rings. The van der Waals surface area contributed by atoms with E-state index in [9.17, 15) is 14.4 Å². The number of methoxy groups -OCH3 is 1. The van der Waals surface area contributed by atoms with Gasteiger partial charge in [-0.3, -0.25) is 4.79 Å². The van der Waals surface area contributed by atoms with Gasteiger partial charge < -0.3 is 14.8 Å². The van der Waals surface area contributed by atoms with Crippen LogP contribution in [0.3, 0.4) is 0 Å². The van der Waals surface area contributed by atoms with Crippen molar-refractivity contribution in [3.05, 3.63) is 68.1 Å². The van der Waals surface area contributed by atoms with Crippen LogP contribution in [0.15, 0.2) is 51.4 Å². The summed E-state index contributed by atoms with van der Waals surface area (Å²) < 4.78 is 11.6. The summed E-state index contributed by atoms with van der Waals surface area (Å²) in [5.74, 6) is -1.39. The molecule has 0 bridgehead atoms. The second-order valence-electron chi connectivity index (χ2n) is 7.61. The number of ether oxygens (including phenoxy) is 2. The number of rotatable bonds is 6. The minimum absolute atomic E-state index is 0.211. The predicted octanol–water partition coefficient (Wildman–Crippen LogP) is 4.68. The first kappa shape index (κ1) is 24.1. The second-order valence-corrected chi connectivity index (χ2v) is 9.44. The minimum atomic E-state index is -0.882. The molecule has 0 saturated carbocycles. The summed E-state index contributed by atoms with van der Waals surface area (Å²) in [5, 5.41) is 2.71. The van der Waals surface area contributed by atoms with Crippen molar-refractivity contribution in [3.63, 3.8) is 0 Å².